The first kappa shape index (κ1) is 20.7. The number of aryl methyl sites for hydroxylation is 1. The Hall–Kier alpha value is -3.02. The van der Waals surface area contributed by atoms with E-state index in [1.165, 1.54) is 16.8 Å². The van der Waals surface area contributed by atoms with Crippen molar-refractivity contribution in [1.82, 2.24) is 10.2 Å². The topological polar surface area (TPSA) is 74.0 Å². The lowest BCUT2D eigenvalue weighted by atomic mass is 10.1. The molecule has 3 rings (SSSR count). The molecule has 0 aromatic heterocycles. The fraction of sp³-hybridized carbons (Fsp3) is 0.391. The lowest BCUT2D eigenvalue weighted by Crippen LogP contribution is -2.52. The monoisotopic (exact) mass is 393 g/mol. The van der Waals surface area contributed by atoms with Crippen LogP contribution in [0.3, 0.4) is 0 Å². The first-order chi connectivity index (χ1) is 14.0. The van der Waals surface area contributed by atoms with Crippen LogP contribution in [-0.2, 0) is 6.54 Å². The third-order valence-corrected chi connectivity index (χ3v) is 5.45. The molecule has 0 bridgehead atoms. The Morgan fingerprint density at radius 2 is 1.83 bits per heavy atom. The van der Waals surface area contributed by atoms with Crippen LogP contribution < -0.4 is 16.0 Å². The van der Waals surface area contributed by atoms with Gasteiger partial charge in [-0.15, -0.1) is 0 Å². The maximum atomic E-state index is 11.4. The molecule has 2 aromatic rings. The van der Waals surface area contributed by atoms with Gasteiger partial charge in [0.1, 0.15) is 0 Å². The molecule has 6 heteroatoms. The summed E-state index contributed by atoms with van der Waals surface area (Å²) >= 11 is 0. The van der Waals surface area contributed by atoms with E-state index in [2.05, 4.69) is 54.1 Å². The van der Waals surface area contributed by atoms with Gasteiger partial charge in [-0.1, -0.05) is 24.3 Å². The molecule has 29 heavy (non-hydrogen) atoms. The second-order valence-corrected chi connectivity index (χ2v) is 7.43. The van der Waals surface area contributed by atoms with Gasteiger partial charge in [-0.2, -0.15) is 0 Å². The number of rotatable bonds is 5. The number of carbonyl (C=O) groups is 1. The highest BCUT2D eigenvalue weighted by atomic mass is 16.1. The Bertz CT molecular complexity index is 885. The molecular formula is C23H31N5O. The average molecular weight is 394 g/mol. The summed E-state index contributed by atoms with van der Waals surface area (Å²) in [4.78, 5) is 21.0. The van der Waals surface area contributed by atoms with Crippen molar-refractivity contribution >= 4 is 17.6 Å². The summed E-state index contributed by atoms with van der Waals surface area (Å²) in [6, 6.07) is 13.9. The largest absolute Gasteiger partial charge is 0.368 e. The molecule has 2 aromatic carbocycles. The normalized spacial score (nSPS) is 14.8. The molecule has 1 amide bonds. The molecule has 1 saturated heterocycles. The van der Waals surface area contributed by atoms with Gasteiger partial charge in [0.2, 0.25) is 5.91 Å². The van der Waals surface area contributed by atoms with Gasteiger partial charge in [0, 0.05) is 44.0 Å². The van der Waals surface area contributed by atoms with E-state index in [-0.39, 0.29) is 0 Å². The first-order valence-corrected chi connectivity index (χ1v) is 10.2. The standard InChI is InChI=1S/C23H31N5O/c1-4-25-23(26-16-19-8-6-9-20(15-19)22(24)29)28-13-11-27(12-14-28)21-10-5-7-17(2)18(21)3/h5-10,15H,4,11-14,16H2,1-3H3,(H2,24,29)(H,25,26). The van der Waals surface area contributed by atoms with E-state index in [9.17, 15) is 4.79 Å². The van der Waals surface area contributed by atoms with Crippen molar-refractivity contribution in [2.24, 2.45) is 10.7 Å². The molecule has 0 unspecified atom stereocenters. The second-order valence-electron chi connectivity index (χ2n) is 7.43. The number of hydrogen-bond acceptors (Lipinski definition) is 3. The summed E-state index contributed by atoms with van der Waals surface area (Å²) in [6.45, 7) is 11.5. The predicted molar refractivity (Wildman–Crippen MR) is 119 cm³/mol. The molecule has 3 N–H and O–H groups in total. The average Bonchev–Trinajstić information content (AvgIpc) is 2.73. The molecule has 0 spiro atoms. The number of aliphatic imine (C=N–C) groups is 1. The van der Waals surface area contributed by atoms with Crippen LogP contribution >= 0.6 is 0 Å². The van der Waals surface area contributed by atoms with E-state index in [1.807, 2.05) is 18.2 Å². The highest BCUT2D eigenvalue weighted by Crippen LogP contribution is 2.23. The summed E-state index contributed by atoms with van der Waals surface area (Å²) in [5.41, 5.74) is 10.9. The van der Waals surface area contributed by atoms with Gasteiger partial charge in [-0.3, -0.25) is 4.79 Å². The number of carbonyl (C=O) groups excluding carboxylic acids is 1. The van der Waals surface area contributed by atoms with E-state index in [0.717, 1.165) is 44.2 Å². The lowest BCUT2D eigenvalue weighted by molar-refractivity contribution is 0.1000. The van der Waals surface area contributed by atoms with Crippen LogP contribution in [-0.4, -0.2) is 49.5 Å². The second kappa shape index (κ2) is 9.45. The Labute approximate surface area is 173 Å². The number of benzene rings is 2. The number of anilines is 1. The van der Waals surface area contributed by atoms with Gasteiger partial charge in [-0.25, -0.2) is 4.99 Å². The Morgan fingerprint density at radius 3 is 2.52 bits per heavy atom. The quantitative estimate of drug-likeness (QED) is 0.605. The molecule has 1 aliphatic heterocycles. The fourth-order valence-corrected chi connectivity index (χ4v) is 3.65. The van der Waals surface area contributed by atoms with Gasteiger partial charge in [0.15, 0.2) is 5.96 Å². The number of amides is 1. The van der Waals surface area contributed by atoms with Crippen molar-refractivity contribution in [2.45, 2.75) is 27.3 Å². The van der Waals surface area contributed by atoms with Crippen LogP contribution in [0.1, 0.15) is 34.0 Å². The summed E-state index contributed by atoms with van der Waals surface area (Å²) < 4.78 is 0. The van der Waals surface area contributed by atoms with Crippen molar-refractivity contribution in [3.8, 4) is 0 Å². The molecule has 0 radical (unpaired) electrons. The maximum absolute atomic E-state index is 11.4. The van der Waals surface area contributed by atoms with E-state index in [0.29, 0.717) is 12.1 Å². The molecule has 0 saturated carbocycles. The minimum atomic E-state index is -0.412. The summed E-state index contributed by atoms with van der Waals surface area (Å²) in [7, 11) is 0. The highest BCUT2D eigenvalue weighted by molar-refractivity contribution is 5.92. The number of primary amides is 1. The Balaban J connectivity index is 1.67. The number of nitrogens with one attached hydrogen (secondary N) is 1. The van der Waals surface area contributed by atoms with Crippen LogP contribution in [0.25, 0.3) is 0 Å². The van der Waals surface area contributed by atoms with Gasteiger partial charge in [0.05, 0.1) is 6.54 Å². The van der Waals surface area contributed by atoms with Gasteiger partial charge >= 0.3 is 0 Å². The Kier molecular flexibility index (Phi) is 6.75. The van der Waals surface area contributed by atoms with Crippen molar-refractivity contribution in [3.05, 3.63) is 64.7 Å². The number of nitrogens with two attached hydrogens (primary N) is 1. The first-order valence-electron chi connectivity index (χ1n) is 10.2. The van der Waals surface area contributed by atoms with E-state index in [1.54, 1.807) is 6.07 Å². The molecule has 0 atom stereocenters. The van der Waals surface area contributed by atoms with Crippen LogP contribution in [0.15, 0.2) is 47.5 Å². The van der Waals surface area contributed by atoms with E-state index >= 15 is 0 Å². The van der Waals surface area contributed by atoms with Crippen molar-refractivity contribution in [2.75, 3.05) is 37.6 Å². The lowest BCUT2D eigenvalue weighted by Gasteiger charge is -2.38. The SMILES string of the molecule is CCNC(=NCc1cccc(C(N)=O)c1)N1CCN(c2cccc(C)c2C)CC1. The van der Waals surface area contributed by atoms with Crippen LogP contribution in [0, 0.1) is 13.8 Å². The molecule has 1 fully saturated rings. The van der Waals surface area contributed by atoms with E-state index in [4.69, 9.17) is 10.7 Å². The predicted octanol–water partition coefficient (Wildman–Crippen LogP) is 2.69. The van der Waals surface area contributed by atoms with Crippen LogP contribution in [0.4, 0.5) is 5.69 Å². The van der Waals surface area contributed by atoms with E-state index < -0.39 is 5.91 Å². The smallest absolute Gasteiger partial charge is 0.248 e. The number of guanidine groups is 1. The molecule has 154 valence electrons. The zero-order valence-corrected chi connectivity index (χ0v) is 17.6. The van der Waals surface area contributed by atoms with Gasteiger partial charge < -0.3 is 20.9 Å². The van der Waals surface area contributed by atoms with Crippen molar-refractivity contribution in [1.29, 1.82) is 0 Å². The fourth-order valence-electron chi connectivity index (χ4n) is 3.65. The van der Waals surface area contributed by atoms with Crippen LogP contribution in [0.2, 0.25) is 0 Å². The summed E-state index contributed by atoms with van der Waals surface area (Å²) in [5, 5.41) is 3.40. The maximum Gasteiger partial charge on any atom is 0.248 e. The van der Waals surface area contributed by atoms with Crippen molar-refractivity contribution in [3.63, 3.8) is 0 Å². The zero-order valence-electron chi connectivity index (χ0n) is 17.6. The van der Waals surface area contributed by atoms with Crippen LogP contribution in [0.5, 0.6) is 0 Å². The Morgan fingerprint density at radius 1 is 1.10 bits per heavy atom. The minimum absolute atomic E-state index is 0.412. The molecule has 1 aliphatic rings. The third-order valence-electron chi connectivity index (χ3n) is 5.45. The summed E-state index contributed by atoms with van der Waals surface area (Å²) in [6.07, 6.45) is 0. The molecular weight excluding hydrogens is 362 g/mol. The number of nitrogens with zero attached hydrogens (tertiary/aromatic N) is 3. The number of piperazine rings is 1. The van der Waals surface area contributed by atoms with Crippen molar-refractivity contribution < 1.29 is 4.79 Å². The third kappa shape index (κ3) is 5.08. The molecule has 1 heterocycles. The highest BCUT2D eigenvalue weighted by Gasteiger charge is 2.21. The molecule has 6 nitrogen and oxygen atoms in total. The minimum Gasteiger partial charge on any atom is -0.368 e. The number of hydrogen-bond donors (Lipinski definition) is 2. The zero-order chi connectivity index (χ0) is 20.8. The van der Waals surface area contributed by atoms with Gasteiger partial charge in [0.25, 0.3) is 0 Å². The van der Waals surface area contributed by atoms with Gasteiger partial charge in [-0.05, 0) is 55.7 Å². The molecule has 0 aliphatic carbocycles. The summed E-state index contributed by atoms with van der Waals surface area (Å²) in [5.74, 6) is 0.503.